The number of benzene rings is 2. The number of hydrogen-bond donors (Lipinski definition) is 2. The third-order valence-corrected chi connectivity index (χ3v) is 4.63. The van der Waals surface area contributed by atoms with Crippen LogP contribution in [-0.2, 0) is 0 Å². The highest BCUT2D eigenvalue weighted by molar-refractivity contribution is 6.02. The number of nitrogens with zero attached hydrogens (tertiary/aromatic N) is 3. The second-order valence-corrected chi connectivity index (χ2v) is 6.96. The number of amides is 1. The zero-order chi connectivity index (χ0) is 20.8. The van der Waals surface area contributed by atoms with E-state index in [9.17, 15) is 4.79 Å². The van der Waals surface area contributed by atoms with Gasteiger partial charge in [-0.3, -0.25) is 4.79 Å². The maximum Gasteiger partial charge on any atom is 0.275 e. The molecule has 1 aromatic heterocycles. The Morgan fingerprint density at radius 1 is 0.897 bits per heavy atom. The van der Waals surface area contributed by atoms with Gasteiger partial charge in [0.05, 0.1) is 12.4 Å². The lowest BCUT2D eigenvalue weighted by Gasteiger charge is -2.21. The maximum atomic E-state index is 12.4. The summed E-state index contributed by atoms with van der Waals surface area (Å²) in [6.45, 7) is 10.2. The zero-order valence-electron chi connectivity index (χ0n) is 17.4. The van der Waals surface area contributed by atoms with E-state index in [1.165, 1.54) is 11.9 Å². The van der Waals surface area contributed by atoms with Crippen LogP contribution in [-0.4, -0.2) is 29.0 Å². The fourth-order valence-corrected chi connectivity index (χ4v) is 3.24. The van der Waals surface area contributed by atoms with Crippen molar-refractivity contribution >= 4 is 28.8 Å². The minimum Gasteiger partial charge on any atom is -0.372 e. The van der Waals surface area contributed by atoms with E-state index < -0.39 is 0 Å². The number of hydrogen-bond acceptors (Lipinski definition) is 5. The average molecular weight is 390 g/mol. The lowest BCUT2D eigenvalue weighted by atomic mass is 10.1. The van der Waals surface area contributed by atoms with Crippen LogP contribution in [0.5, 0.6) is 0 Å². The Kier molecular flexibility index (Phi) is 6.44. The van der Waals surface area contributed by atoms with E-state index in [2.05, 4.69) is 57.5 Å². The molecule has 0 saturated heterocycles. The molecule has 0 radical (unpaired) electrons. The summed E-state index contributed by atoms with van der Waals surface area (Å²) in [7, 11) is 0. The molecule has 3 aromatic rings. The Morgan fingerprint density at radius 2 is 1.55 bits per heavy atom. The van der Waals surface area contributed by atoms with Crippen LogP contribution in [0.25, 0.3) is 0 Å². The van der Waals surface area contributed by atoms with Crippen molar-refractivity contribution in [3.63, 3.8) is 0 Å². The number of aryl methyl sites for hydroxylation is 2. The molecule has 0 aliphatic carbocycles. The molecule has 0 unspecified atom stereocenters. The van der Waals surface area contributed by atoms with Gasteiger partial charge in [-0.2, -0.15) is 0 Å². The summed E-state index contributed by atoms with van der Waals surface area (Å²) in [5.41, 5.74) is 5.32. The van der Waals surface area contributed by atoms with Gasteiger partial charge in [0.1, 0.15) is 11.5 Å². The van der Waals surface area contributed by atoms with E-state index in [1.54, 1.807) is 6.20 Å². The summed E-state index contributed by atoms with van der Waals surface area (Å²) < 4.78 is 0. The summed E-state index contributed by atoms with van der Waals surface area (Å²) in [6.07, 6.45) is 3.04. The van der Waals surface area contributed by atoms with E-state index in [4.69, 9.17) is 0 Å². The first kappa shape index (κ1) is 20.3. The first-order valence-electron chi connectivity index (χ1n) is 9.82. The minimum absolute atomic E-state index is 0.270. The Hall–Kier alpha value is -3.41. The summed E-state index contributed by atoms with van der Waals surface area (Å²) in [5, 5.41) is 6.08. The quantitative estimate of drug-likeness (QED) is 0.599. The third kappa shape index (κ3) is 5.31. The monoisotopic (exact) mass is 389 g/mol. The summed E-state index contributed by atoms with van der Waals surface area (Å²) in [4.78, 5) is 23.3. The molecule has 2 N–H and O–H groups in total. The van der Waals surface area contributed by atoms with E-state index >= 15 is 0 Å². The molecule has 6 heteroatoms. The standard InChI is InChI=1S/C23H27N5O/c1-5-28(6-2)20-9-7-18(8-10-20)26-22-15-24-21(14-25-22)23(29)27-19-12-16(3)11-17(4)13-19/h7-15H,5-6H2,1-4H3,(H,25,26)(H,27,29). The van der Waals surface area contributed by atoms with Crippen molar-refractivity contribution in [1.29, 1.82) is 0 Å². The van der Waals surface area contributed by atoms with Gasteiger partial charge in [-0.05, 0) is 75.2 Å². The second kappa shape index (κ2) is 9.19. The van der Waals surface area contributed by atoms with Crippen molar-refractivity contribution in [2.45, 2.75) is 27.7 Å². The molecule has 0 bridgehead atoms. The first-order chi connectivity index (χ1) is 14.0. The predicted molar refractivity (Wildman–Crippen MR) is 119 cm³/mol. The molecular weight excluding hydrogens is 362 g/mol. The number of aromatic nitrogens is 2. The largest absolute Gasteiger partial charge is 0.372 e. The topological polar surface area (TPSA) is 70.2 Å². The molecular formula is C23H27N5O. The smallest absolute Gasteiger partial charge is 0.275 e. The Morgan fingerprint density at radius 3 is 2.10 bits per heavy atom. The Bertz CT molecular complexity index is 943. The van der Waals surface area contributed by atoms with Crippen LogP contribution >= 0.6 is 0 Å². The third-order valence-electron chi connectivity index (χ3n) is 4.63. The van der Waals surface area contributed by atoms with Crippen LogP contribution in [0.3, 0.4) is 0 Å². The van der Waals surface area contributed by atoms with Gasteiger partial charge in [0, 0.05) is 30.2 Å². The maximum absolute atomic E-state index is 12.4. The number of carbonyl (C=O) groups is 1. The lowest BCUT2D eigenvalue weighted by molar-refractivity contribution is 0.102. The van der Waals surface area contributed by atoms with E-state index in [0.717, 1.165) is 35.6 Å². The lowest BCUT2D eigenvalue weighted by Crippen LogP contribution is -2.21. The van der Waals surface area contributed by atoms with E-state index in [-0.39, 0.29) is 11.6 Å². The molecule has 29 heavy (non-hydrogen) atoms. The first-order valence-corrected chi connectivity index (χ1v) is 9.82. The van der Waals surface area contributed by atoms with Gasteiger partial charge in [0.25, 0.3) is 5.91 Å². The van der Waals surface area contributed by atoms with E-state index in [1.807, 2.05) is 38.1 Å². The molecule has 1 amide bonds. The Balaban J connectivity index is 1.64. The van der Waals surface area contributed by atoms with Gasteiger partial charge in [-0.25, -0.2) is 9.97 Å². The molecule has 0 aliphatic heterocycles. The van der Waals surface area contributed by atoms with Gasteiger partial charge in [0.2, 0.25) is 0 Å². The molecule has 0 fully saturated rings. The SMILES string of the molecule is CCN(CC)c1ccc(Nc2cnc(C(=O)Nc3cc(C)cc(C)c3)cn2)cc1. The van der Waals surface area contributed by atoms with Crippen LogP contribution in [0.2, 0.25) is 0 Å². The van der Waals surface area contributed by atoms with Crippen molar-refractivity contribution in [2.24, 2.45) is 0 Å². The van der Waals surface area contributed by atoms with Gasteiger partial charge in [-0.1, -0.05) is 6.07 Å². The molecule has 150 valence electrons. The molecule has 0 spiro atoms. The van der Waals surface area contributed by atoms with Gasteiger partial charge in [-0.15, -0.1) is 0 Å². The summed E-state index contributed by atoms with van der Waals surface area (Å²) >= 11 is 0. The van der Waals surface area contributed by atoms with Crippen molar-refractivity contribution in [3.05, 3.63) is 71.7 Å². The van der Waals surface area contributed by atoms with Crippen LogP contribution < -0.4 is 15.5 Å². The van der Waals surface area contributed by atoms with Crippen molar-refractivity contribution in [3.8, 4) is 0 Å². The second-order valence-electron chi connectivity index (χ2n) is 6.96. The number of carbonyl (C=O) groups excluding carboxylic acids is 1. The van der Waals surface area contributed by atoms with Gasteiger partial charge in [0.15, 0.2) is 0 Å². The minimum atomic E-state index is -0.280. The van der Waals surface area contributed by atoms with Crippen LogP contribution in [0, 0.1) is 13.8 Å². The Labute approximate surface area is 172 Å². The molecule has 0 atom stereocenters. The molecule has 0 aliphatic rings. The number of rotatable bonds is 7. The molecule has 1 heterocycles. The summed E-state index contributed by atoms with van der Waals surface area (Å²) in [6, 6.07) is 14.1. The summed E-state index contributed by atoms with van der Waals surface area (Å²) in [5.74, 6) is 0.307. The fourth-order valence-electron chi connectivity index (χ4n) is 3.24. The van der Waals surface area contributed by atoms with Crippen molar-refractivity contribution < 1.29 is 4.79 Å². The van der Waals surface area contributed by atoms with Crippen LogP contribution in [0.15, 0.2) is 54.9 Å². The molecule has 0 saturated carbocycles. The van der Waals surface area contributed by atoms with Crippen LogP contribution in [0.1, 0.15) is 35.5 Å². The predicted octanol–water partition coefficient (Wildman–Crippen LogP) is 4.94. The number of anilines is 4. The fraction of sp³-hybridized carbons (Fsp3) is 0.261. The van der Waals surface area contributed by atoms with Crippen molar-refractivity contribution in [1.82, 2.24) is 9.97 Å². The molecule has 2 aromatic carbocycles. The normalized spacial score (nSPS) is 10.5. The highest BCUT2D eigenvalue weighted by Crippen LogP contribution is 2.20. The highest BCUT2D eigenvalue weighted by Gasteiger charge is 2.09. The highest BCUT2D eigenvalue weighted by atomic mass is 16.1. The van der Waals surface area contributed by atoms with Gasteiger partial charge < -0.3 is 15.5 Å². The van der Waals surface area contributed by atoms with Gasteiger partial charge >= 0.3 is 0 Å². The average Bonchev–Trinajstić information content (AvgIpc) is 2.70. The van der Waals surface area contributed by atoms with E-state index in [0.29, 0.717) is 5.82 Å². The van der Waals surface area contributed by atoms with Crippen LogP contribution in [0.4, 0.5) is 22.9 Å². The van der Waals surface area contributed by atoms with Crippen molar-refractivity contribution in [2.75, 3.05) is 28.6 Å². The zero-order valence-corrected chi connectivity index (χ0v) is 17.4. The number of nitrogens with one attached hydrogen (secondary N) is 2. The molecule has 3 rings (SSSR count). The molecule has 6 nitrogen and oxygen atoms in total.